The zero-order valence-electron chi connectivity index (χ0n) is 12.8. The number of nitrogens with one attached hydrogen (secondary N) is 1. The number of para-hydroxylation sites is 1. The first-order chi connectivity index (χ1) is 10.0. The van der Waals surface area contributed by atoms with Gasteiger partial charge < -0.3 is 15.0 Å². The number of aliphatic hydroxyl groups excluding tert-OH is 1. The second-order valence-corrected chi connectivity index (χ2v) is 6.12. The van der Waals surface area contributed by atoms with E-state index in [1.165, 1.54) is 10.9 Å². The molecule has 1 aromatic carbocycles. The van der Waals surface area contributed by atoms with Crippen LogP contribution < -0.4 is 0 Å². The Hall–Kier alpha value is -1.81. The Balaban J connectivity index is 2.05. The maximum absolute atomic E-state index is 12.5. The lowest BCUT2D eigenvalue weighted by atomic mass is 9.92. The fraction of sp³-hybridized carbons (Fsp3) is 0.471. The van der Waals surface area contributed by atoms with Crippen LogP contribution in [0, 0.1) is 5.92 Å². The number of hydrogen-bond acceptors (Lipinski definition) is 2. The van der Waals surface area contributed by atoms with Gasteiger partial charge >= 0.3 is 0 Å². The van der Waals surface area contributed by atoms with Gasteiger partial charge in [-0.05, 0) is 31.9 Å². The Bertz CT molecular complexity index is 676. The highest BCUT2D eigenvalue weighted by molar-refractivity contribution is 5.86. The Morgan fingerprint density at radius 1 is 1.43 bits per heavy atom. The predicted octanol–water partition coefficient (Wildman–Crippen LogP) is 2.63. The summed E-state index contributed by atoms with van der Waals surface area (Å²) in [4.78, 5) is 17.9. The summed E-state index contributed by atoms with van der Waals surface area (Å²) in [6.45, 7) is 5.83. The van der Waals surface area contributed by atoms with Gasteiger partial charge in [0.2, 0.25) is 5.91 Å². The third kappa shape index (κ3) is 2.14. The van der Waals surface area contributed by atoms with Crippen LogP contribution >= 0.6 is 0 Å². The number of aliphatic hydroxyl groups is 1. The first-order valence-corrected chi connectivity index (χ1v) is 7.57. The second-order valence-electron chi connectivity index (χ2n) is 6.12. The molecule has 112 valence electrons. The number of rotatable bonds is 2. The van der Waals surface area contributed by atoms with Gasteiger partial charge in [-0.25, -0.2) is 0 Å². The molecule has 1 unspecified atom stereocenters. The number of fused-ring (bicyclic) bond motifs is 3. The lowest BCUT2D eigenvalue weighted by molar-refractivity contribution is -0.141. The van der Waals surface area contributed by atoms with Crippen molar-refractivity contribution in [2.45, 2.75) is 39.3 Å². The quantitative estimate of drug-likeness (QED) is 0.891. The van der Waals surface area contributed by atoms with Crippen LogP contribution in [-0.4, -0.2) is 33.5 Å². The van der Waals surface area contributed by atoms with Gasteiger partial charge in [-0.3, -0.25) is 4.79 Å². The van der Waals surface area contributed by atoms with Crippen LogP contribution in [0.15, 0.2) is 24.3 Å². The Morgan fingerprint density at radius 2 is 2.14 bits per heavy atom. The monoisotopic (exact) mass is 286 g/mol. The number of amides is 1. The van der Waals surface area contributed by atoms with E-state index in [4.69, 9.17) is 0 Å². The van der Waals surface area contributed by atoms with Crippen molar-refractivity contribution < 1.29 is 9.90 Å². The van der Waals surface area contributed by atoms with E-state index in [0.29, 0.717) is 0 Å². The number of carbonyl (C=O) groups excluding carboxylic acids is 1. The highest BCUT2D eigenvalue weighted by Crippen LogP contribution is 2.37. The van der Waals surface area contributed by atoms with Crippen molar-refractivity contribution in [2.75, 3.05) is 6.61 Å². The number of aromatic nitrogens is 1. The highest BCUT2D eigenvalue weighted by atomic mass is 16.3. The van der Waals surface area contributed by atoms with Gasteiger partial charge in [0.1, 0.15) is 0 Å². The summed E-state index contributed by atoms with van der Waals surface area (Å²) < 4.78 is 0. The van der Waals surface area contributed by atoms with Gasteiger partial charge in [-0.1, -0.05) is 25.1 Å². The average molecular weight is 286 g/mol. The minimum Gasteiger partial charge on any atom is -0.396 e. The molecule has 0 fully saturated rings. The normalized spacial score (nSPS) is 23.1. The summed E-state index contributed by atoms with van der Waals surface area (Å²) in [5.74, 6) is -0.317. The molecule has 21 heavy (non-hydrogen) atoms. The molecule has 0 aliphatic carbocycles. The molecular formula is C17H22N2O2. The molecule has 2 heterocycles. The summed E-state index contributed by atoms with van der Waals surface area (Å²) in [6, 6.07) is 8.45. The molecule has 0 spiro atoms. The third-order valence-electron chi connectivity index (χ3n) is 4.61. The molecule has 0 saturated heterocycles. The van der Waals surface area contributed by atoms with E-state index < -0.39 is 0 Å². The highest BCUT2D eigenvalue weighted by Gasteiger charge is 2.36. The van der Waals surface area contributed by atoms with E-state index in [-0.39, 0.29) is 30.5 Å². The summed E-state index contributed by atoms with van der Waals surface area (Å²) in [5, 5.41) is 10.5. The van der Waals surface area contributed by atoms with E-state index in [2.05, 4.69) is 37.0 Å². The molecule has 2 aromatic rings. The van der Waals surface area contributed by atoms with Crippen LogP contribution in [0.3, 0.4) is 0 Å². The topological polar surface area (TPSA) is 56.3 Å². The van der Waals surface area contributed by atoms with Crippen LogP contribution in [0.4, 0.5) is 0 Å². The van der Waals surface area contributed by atoms with Gasteiger partial charge in [-0.15, -0.1) is 0 Å². The largest absolute Gasteiger partial charge is 0.396 e. The van der Waals surface area contributed by atoms with Crippen molar-refractivity contribution in [1.29, 1.82) is 0 Å². The van der Waals surface area contributed by atoms with E-state index >= 15 is 0 Å². The molecule has 1 aliphatic heterocycles. The molecule has 1 amide bonds. The van der Waals surface area contributed by atoms with Crippen LogP contribution in [-0.2, 0) is 11.2 Å². The number of H-pyrrole nitrogens is 1. The van der Waals surface area contributed by atoms with Gasteiger partial charge in [0.05, 0.1) is 18.6 Å². The molecule has 3 rings (SSSR count). The van der Waals surface area contributed by atoms with Crippen molar-refractivity contribution in [1.82, 2.24) is 9.88 Å². The second kappa shape index (κ2) is 5.19. The summed E-state index contributed by atoms with van der Waals surface area (Å²) in [5.41, 5.74) is 3.59. The van der Waals surface area contributed by atoms with Crippen molar-refractivity contribution in [3.05, 3.63) is 35.5 Å². The molecule has 4 heteroatoms. The Labute approximate surface area is 124 Å². The average Bonchev–Trinajstić information content (AvgIpc) is 2.85. The van der Waals surface area contributed by atoms with Crippen LogP contribution in [0.2, 0.25) is 0 Å². The smallest absolute Gasteiger partial charge is 0.228 e. The maximum Gasteiger partial charge on any atom is 0.228 e. The fourth-order valence-electron chi connectivity index (χ4n) is 3.45. The third-order valence-corrected chi connectivity index (χ3v) is 4.61. The molecule has 3 atom stereocenters. The van der Waals surface area contributed by atoms with Gasteiger partial charge in [-0.2, -0.15) is 0 Å². The SMILES string of the molecule is CC(CO)C(=O)N1[C@H](C)Cc2c([nH]c3ccccc23)[C@H]1C. The summed E-state index contributed by atoms with van der Waals surface area (Å²) in [7, 11) is 0. The molecule has 0 radical (unpaired) electrons. The van der Waals surface area contributed by atoms with Crippen LogP contribution in [0.25, 0.3) is 10.9 Å². The van der Waals surface area contributed by atoms with E-state index in [1.54, 1.807) is 6.92 Å². The van der Waals surface area contributed by atoms with Gasteiger partial charge in [0.15, 0.2) is 0 Å². The number of nitrogens with zero attached hydrogens (tertiary/aromatic N) is 1. The minimum absolute atomic E-state index is 0.0117. The van der Waals surface area contributed by atoms with E-state index in [1.807, 2.05) is 11.0 Å². The van der Waals surface area contributed by atoms with Crippen LogP contribution in [0.1, 0.15) is 38.1 Å². The van der Waals surface area contributed by atoms with Crippen molar-refractivity contribution in [2.24, 2.45) is 5.92 Å². The molecule has 4 nitrogen and oxygen atoms in total. The molecule has 1 aliphatic rings. The minimum atomic E-state index is -0.346. The molecule has 0 saturated carbocycles. The fourth-order valence-corrected chi connectivity index (χ4v) is 3.45. The first-order valence-electron chi connectivity index (χ1n) is 7.57. The Morgan fingerprint density at radius 3 is 2.86 bits per heavy atom. The number of aromatic amines is 1. The van der Waals surface area contributed by atoms with Crippen LogP contribution in [0.5, 0.6) is 0 Å². The van der Waals surface area contributed by atoms with E-state index in [0.717, 1.165) is 17.6 Å². The predicted molar refractivity (Wildman–Crippen MR) is 83.0 cm³/mol. The number of carbonyl (C=O) groups is 1. The zero-order chi connectivity index (χ0) is 15.1. The molecule has 1 aromatic heterocycles. The van der Waals surface area contributed by atoms with Crippen molar-refractivity contribution >= 4 is 16.8 Å². The maximum atomic E-state index is 12.5. The summed E-state index contributed by atoms with van der Waals surface area (Å²) in [6.07, 6.45) is 0.855. The number of benzene rings is 1. The molecular weight excluding hydrogens is 264 g/mol. The van der Waals surface area contributed by atoms with Gasteiger partial charge in [0.25, 0.3) is 0 Å². The number of hydrogen-bond donors (Lipinski definition) is 2. The standard InChI is InChI=1S/C17H22N2O2/c1-10(9-20)17(21)19-11(2)8-14-13-6-4-5-7-15(13)18-16(14)12(19)3/h4-7,10-12,18,20H,8-9H2,1-3H3/t10?,11-,12-/m1/s1. The molecule has 2 N–H and O–H groups in total. The van der Waals surface area contributed by atoms with Crippen molar-refractivity contribution in [3.63, 3.8) is 0 Å². The summed E-state index contributed by atoms with van der Waals surface area (Å²) >= 11 is 0. The Kier molecular flexibility index (Phi) is 3.49. The van der Waals surface area contributed by atoms with Gasteiger partial charge in [0, 0.05) is 22.6 Å². The first kappa shape index (κ1) is 14.1. The van der Waals surface area contributed by atoms with E-state index in [9.17, 15) is 9.90 Å². The van der Waals surface area contributed by atoms with Crippen molar-refractivity contribution in [3.8, 4) is 0 Å². The zero-order valence-corrected chi connectivity index (χ0v) is 12.8. The lowest BCUT2D eigenvalue weighted by Crippen LogP contribution is -2.47. The molecule has 0 bridgehead atoms. The lowest BCUT2D eigenvalue weighted by Gasteiger charge is -2.40.